The van der Waals surface area contributed by atoms with E-state index in [0.29, 0.717) is 0 Å². The highest BCUT2D eigenvalue weighted by Crippen LogP contribution is 2.20. The predicted molar refractivity (Wildman–Crippen MR) is 111 cm³/mol. The molecule has 0 saturated heterocycles. The second kappa shape index (κ2) is 11.0. The Bertz CT molecular complexity index is 637. The molecule has 3 heteroatoms. The van der Waals surface area contributed by atoms with Crippen LogP contribution in [0.25, 0.3) is 0 Å². The zero-order chi connectivity index (χ0) is 18.8. The highest BCUT2D eigenvalue weighted by molar-refractivity contribution is 5.33. The normalized spacial score (nSPS) is 12.3. The van der Waals surface area contributed by atoms with Gasteiger partial charge < -0.3 is 15.0 Å². The molecule has 1 atom stereocenters. The molecule has 0 aliphatic carbocycles. The Balaban J connectivity index is 1.85. The minimum atomic E-state index is 0.150. The van der Waals surface area contributed by atoms with Gasteiger partial charge >= 0.3 is 0 Å². The lowest BCUT2D eigenvalue weighted by Gasteiger charge is -2.18. The monoisotopic (exact) mass is 354 g/mol. The van der Waals surface area contributed by atoms with Crippen LogP contribution in [0.3, 0.4) is 0 Å². The number of hydrogen-bond donors (Lipinski definition) is 1. The topological polar surface area (TPSA) is 24.5 Å². The first kappa shape index (κ1) is 20.5. The van der Waals surface area contributed by atoms with Gasteiger partial charge in [-0.1, -0.05) is 49.4 Å². The minimum Gasteiger partial charge on any atom is -0.490 e. The first-order chi connectivity index (χ1) is 12.6. The molecule has 0 spiro atoms. The van der Waals surface area contributed by atoms with E-state index in [0.717, 1.165) is 44.6 Å². The molecule has 0 aliphatic heterocycles. The van der Waals surface area contributed by atoms with Crippen LogP contribution in [0, 0.1) is 0 Å². The van der Waals surface area contributed by atoms with Crippen LogP contribution in [0.4, 0.5) is 0 Å². The van der Waals surface area contributed by atoms with Gasteiger partial charge in [0.15, 0.2) is 0 Å². The number of benzene rings is 2. The molecule has 0 bridgehead atoms. The van der Waals surface area contributed by atoms with Crippen LogP contribution in [0.5, 0.6) is 5.75 Å². The maximum absolute atomic E-state index is 6.25. The molecule has 0 fully saturated rings. The van der Waals surface area contributed by atoms with Gasteiger partial charge in [-0.15, -0.1) is 0 Å². The molecule has 2 aromatic rings. The molecule has 0 heterocycles. The number of nitrogens with zero attached hydrogens (tertiary/aromatic N) is 1. The van der Waals surface area contributed by atoms with Gasteiger partial charge in [0.25, 0.3) is 0 Å². The molecular weight excluding hydrogens is 320 g/mol. The third-order valence-corrected chi connectivity index (χ3v) is 4.53. The largest absolute Gasteiger partial charge is 0.490 e. The van der Waals surface area contributed by atoms with Crippen molar-refractivity contribution >= 4 is 0 Å². The molecule has 0 aromatic heterocycles. The fourth-order valence-electron chi connectivity index (χ4n) is 3.01. The van der Waals surface area contributed by atoms with Crippen LogP contribution in [0.15, 0.2) is 48.5 Å². The Hall–Kier alpha value is -1.84. The standard InChI is InChI=1S/C23H34N2O/c1-5-20-11-13-21(14-12-20)17-19(2)26-23-10-7-6-9-22(23)18-24-15-8-16-25(3)4/h6-7,9-14,19,24H,5,8,15-18H2,1-4H3. The van der Waals surface area contributed by atoms with E-state index in [-0.39, 0.29) is 6.10 Å². The van der Waals surface area contributed by atoms with E-state index < -0.39 is 0 Å². The van der Waals surface area contributed by atoms with E-state index in [4.69, 9.17) is 4.74 Å². The van der Waals surface area contributed by atoms with Crippen LogP contribution < -0.4 is 10.1 Å². The number of hydrogen-bond acceptors (Lipinski definition) is 3. The van der Waals surface area contributed by atoms with Gasteiger partial charge in [0.05, 0.1) is 6.10 Å². The molecule has 0 radical (unpaired) electrons. The van der Waals surface area contributed by atoms with E-state index in [1.54, 1.807) is 0 Å². The number of nitrogens with one attached hydrogen (secondary N) is 1. The molecule has 0 saturated carbocycles. The fraction of sp³-hybridized carbons (Fsp3) is 0.478. The Kier molecular flexibility index (Phi) is 8.66. The molecule has 1 N–H and O–H groups in total. The van der Waals surface area contributed by atoms with E-state index in [1.807, 2.05) is 6.07 Å². The highest BCUT2D eigenvalue weighted by Gasteiger charge is 2.09. The van der Waals surface area contributed by atoms with E-state index in [9.17, 15) is 0 Å². The van der Waals surface area contributed by atoms with Crippen molar-refractivity contribution in [2.75, 3.05) is 27.2 Å². The molecule has 3 nitrogen and oxygen atoms in total. The maximum Gasteiger partial charge on any atom is 0.124 e. The van der Waals surface area contributed by atoms with Crippen LogP contribution in [0.2, 0.25) is 0 Å². The molecule has 2 aromatic carbocycles. The summed E-state index contributed by atoms with van der Waals surface area (Å²) in [5.41, 5.74) is 3.94. The summed E-state index contributed by atoms with van der Waals surface area (Å²) in [4.78, 5) is 2.22. The Morgan fingerprint density at radius 2 is 1.69 bits per heavy atom. The van der Waals surface area contributed by atoms with Gasteiger partial charge in [-0.3, -0.25) is 0 Å². The van der Waals surface area contributed by atoms with Crippen LogP contribution in [-0.4, -0.2) is 38.2 Å². The molecule has 0 aliphatic rings. The quantitative estimate of drug-likeness (QED) is 0.609. The van der Waals surface area contributed by atoms with Crippen molar-refractivity contribution in [2.24, 2.45) is 0 Å². The number of ether oxygens (including phenoxy) is 1. The molecule has 142 valence electrons. The van der Waals surface area contributed by atoms with Crippen molar-refractivity contribution in [2.45, 2.75) is 45.8 Å². The second-order valence-electron chi connectivity index (χ2n) is 7.24. The summed E-state index contributed by atoms with van der Waals surface area (Å²) in [7, 11) is 4.22. The van der Waals surface area contributed by atoms with Crippen molar-refractivity contribution in [1.29, 1.82) is 0 Å². The lowest BCUT2D eigenvalue weighted by molar-refractivity contribution is 0.219. The lowest BCUT2D eigenvalue weighted by atomic mass is 10.1. The minimum absolute atomic E-state index is 0.150. The Morgan fingerprint density at radius 1 is 1.00 bits per heavy atom. The molecule has 1 unspecified atom stereocenters. The van der Waals surface area contributed by atoms with Crippen molar-refractivity contribution in [3.05, 3.63) is 65.2 Å². The fourth-order valence-corrected chi connectivity index (χ4v) is 3.01. The maximum atomic E-state index is 6.25. The van der Waals surface area contributed by atoms with Gasteiger partial charge in [-0.25, -0.2) is 0 Å². The van der Waals surface area contributed by atoms with Crippen LogP contribution in [-0.2, 0) is 19.4 Å². The third-order valence-electron chi connectivity index (χ3n) is 4.53. The average Bonchev–Trinajstić information content (AvgIpc) is 2.63. The van der Waals surface area contributed by atoms with E-state index in [1.165, 1.54) is 16.7 Å². The lowest BCUT2D eigenvalue weighted by Crippen LogP contribution is -2.22. The summed E-state index contributed by atoms with van der Waals surface area (Å²) < 4.78 is 6.25. The zero-order valence-corrected chi connectivity index (χ0v) is 16.8. The molecular formula is C23H34N2O. The van der Waals surface area contributed by atoms with Crippen molar-refractivity contribution in [3.63, 3.8) is 0 Å². The van der Waals surface area contributed by atoms with Crippen LogP contribution >= 0.6 is 0 Å². The third kappa shape index (κ3) is 7.19. The summed E-state index contributed by atoms with van der Waals surface area (Å²) in [6.07, 6.45) is 3.31. The van der Waals surface area contributed by atoms with E-state index >= 15 is 0 Å². The van der Waals surface area contributed by atoms with Crippen molar-refractivity contribution < 1.29 is 4.74 Å². The number of para-hydroxylation sites is 1. The molecule has 0 amide bonds. The first-order valence-corrected chi connectivity index (χ1v) is 9.76. The SMILES string of the molecule is CCc1ccc(CC(C)Oc2ccccc2CNCCCN(C)C)cc1. The predicted octanol–water partition coefficient (Wildman–Crippen LogP) is 4.30. The number of aryl methyl sites for hydroxylation is 1. The van der Waals surface area contributed by atoms with Crippen LogP contribution in [0.1, 0.15) is 37.0 Å². The number of rotatable bonds is 11. The smallest absolute Gasteiger partial charge is 0.124 e. The van der Waals surface area contributed by atoms with Crippen molar-refractivity contribution in [3.8, 4) is 5.75 Å². The van der Waals surface area contributed by atoms with E-state index in [2.05, 4.69) is 80.6 Å². The van der Waals surface area contributed by atoms with Gasteiger partial charge in [0.2, 0.25) is 0 Å². The molecule has 26 heavy (non-hydrogen) atoms. The Labute approximate surface area is 159 Å². The van der Waals surface area contributed by atoms with Crippen molar-refractivity contribution in [1.82, 2.24) is 10.2 Å². The van der Waals surface area contributed by atoms with Gasteiger partial charge in [0, 0.05) is 18.5 Å². The highest BCUT2D eigenvalue weighted by atomic mass is 16.5. The summed E-state index contributed by atoms with van der Waals surface area (Å²) in [5, 5.41) is 3.53. The Morgan fingerprint density at radius 3 is 2.38 bits per heavy atom. The molecule has 2 rings (SSSR count). The summed E-state index contributed by atoms with van der Waals surface area (Å²) in [6.45, 7) is 7.31. The summed E-state index contributed by atoms with van der Waals surface area (Å²) >= 11 is 0. The van der Waals surface area contributed by atoms with Gasteiger partial charge in [-0.2, -0.15) is 0 Å². The average molecular weight is 355 g/mol. The zero-order valence-electron chi connectivity index (χ0n) is 16.8. The second-order valence-corrected chi connectivity index (χ2v) is 7.24. The van der Waals surface area contributed by atoms with Gasteiger partial charge in [0.1, 0.15) is 5.75 Å². The van der Waals surface area contributed by atoms with Gasteiger partial charge in [-0.05, 0) is 64.1 Å². The first-order valence-electron chi connectivity index (χ1n) is 9.76. The summed E-state index contributed by atoms with van der Waals surface area (Å²) in [6, 6.07) is 17.2. The summed E-state index contributed by atoms with van der Waals surface area (Å²) in [5.74, 6) is 0.991.